The molecule has 1 saturated heterocycles. The van der Waals surface area contributed by atoms with Gasteiger partial charge in [-0.1, -0.05) is 22.9 Å². The van der Waals surface area contributed by atoms with Gasteiger partial charge >= 0.3 is 0 Å². The van der Waals surface area contributed by atoms with Crippen molar-refractivity contribution < 1.29 is 13.2 Å². The van der Waals surface area contributed by atoms with Gasteiger partial charge in [-0.05, 0) is 30.2 Å². The highest BCUT2D eigenvalue weighted by Crippen LogP contribution is 2.25. The summed E-state index contributed by atoms with van der Waals surface area (Å²) in [6, 6.07) is 5.27. The molecule has 1 atom stereocenters. The lowest BCUT2D eigenvalue weighted by Crippen LogP contribution is -2.31. The van der Waals surface area contributed by atoms with E-state index in [1.165, 1.54) is 4.31 Å². The van der Waals surface area contributed by atoms with Crippen LogP contribution in [-0.4, -0.2) is 39.0 Å². The molecule has 1 unspecified atom stereocenters. The van der Waals surface area contributed by atoms with Crippen molar-refractivity contribution in [3.05, 3.63) is 28.2 Å². The normalized spacial score (nSPS) is 19.2. The van der Waals surface area contributed by atoms with Crippen LogP contribution in [0.5, 0.6) is 0 Å². The molecule has 18 heavy (non-hydrogen) atoms. The number of halogens is 1. The van der Waals surface area contributed by atoms with Crippen LogP contribution in [0.15, 0.2) is 27.6 Å². The number of sulfonamides is 1. The second-order valence-corrected chi connectivity index (χ2v) is 7.28. The lowest BCUT2D eigenvalue weighted by atomic mass is 10.2. The molecule has 2 rings (SSSR count). The molecule has 0 amide bonds. The summed E-state index contributed by atoms with van der Waals surface area (Å²) >= 11 is 3.36. The molecule has 4 nitrogen and oxygen atoms in total. The third-order valence-electron chi connectivity index (χ3n) is 2.95. The molecule has 1 heterocycles. The monoisotopic (exact) mass is 333 g/mol. The van der Waals surface area contributed by atoms with Gasteiger partial charge in [0.15, 0.2) is 0 Å². The van der Waals surface area contributed by atoms with Gasteiger partial charge < -0.3 is 4.74 Å². The highest BCUT2D eigenvalue weighted by molar-refractivity contribution is 9.10. The van der Waals surface area contributed by atoms with Crippen LogP contribution in [0.25, 0.3) is 0 Å². The maximum atomic E-state index is 12.4. The number of likely N-dealkylation sites (N-methyl/N-ethyl adjacent to an activating group) is 1. The Morgan fingerprint density at radius 3 is 2.72 bits per heavy atom. The number of hydrogen-bond donors (Lipinski definition) is 0. The fourth-order valence-corrected chi connectivity index (χ4v) is 3.68. The van der Waals surface area contributed by atoms with E-state index >= 15 is 0 Å². The van der Waals surface area contributed by atoms with E-state index in [-0.39, 0.29) is 6.10 Å². The van der Waals surface area contributed by atoms with Crippen LogP contribution in [0.4, 0.5) is 0 Å². The molecule has 1 aromatic rings. The molecule has 1 aliphatic heterocycles. The van der Waals surface area contributed by atoms with Crippen LogP contribution in [0.1, 0.15) is 12.5 Å². The number of rotatable bonds is 5. The Labute approximate surface area is 116 Å². The molecule has 1 aromatic carbocycles. The average molecular weight is 334 g/mol. The summed E-state index contributed by atoms with van der Waals surface area (Å²) in [4.78, 5) is 0.386. The summed E-state index contributed by atoms with van der Waals surface area (Å²) in [5, 5.41) is 0. The van der Waals surface area contributed by atoms with Crippen molar-refractivity contribution in [2.24, 2.45) is 0 Å². The number of aryl methyl sites for hydroxylation is 1. The van der Waals surface area contributed by atoms with Gasteiger partial charge in [-0.15, -0.1) is 0 Å². The maximum absolute atomic E-state index is 12.4. The summed E-state index contributed by atoms with van der Waals surface area (Å²) in [6.45, 7) is 3.02. The van der Waals surface area contributed by atoms with E-state index in [4.69, 9.17) is 4.74 Å². The summed E-state index contributed by atoms with van der Waals surface area (Å²) in [5.41, 5.74) is 0.827. The van der Waals surface area contributed by atoms with Crippen molar-refractivity contribution in [2.75, 3.05) is 20.2 Å². The van der Waals surface area contributed by atoms with Crippen molar-refractivity contribution in [3.8, 4) is 0 Å². The van der Waals surface area contributed by atoms with Gasteiger partial charge in [0.1, 0.15) is 0 Å². The Hall–Kier alpha value is -0.430. The van der Waals surface area contributed by atoms with Crippen molar-refractivity contribution >= 4 is 26.0 Å². The summed E-state index contributed by atoms with van der Waals surface area (Å²) < 4.78 is 32.2. The molecule has 1 fully saturated rings. The molecule has 0 saturated carbocycles. The summed E-state index contributed by atoms with van der Waals surface area (Å²) in [7, 11) is -1.83. The lowest BCUT2D eigenvalue weighted by Gasteiger charge is -2.18. The molecule has 0 spiro atoms. The van der Waals surface area contributed by atoms with Gasteiger partial charge in [0, 0.05) is 18.1 Å². The topological polar surface area (TPSA) is 49.9 Å². The van der Waals surface area contributed by atoms with E-state index in [1.807, 2.05) is 13.0 Å². The van der Waals surface area contributed by atoms with Crippen LogP contribution >= 0.6 is 15.9 Å². The lowest BCUT2D eigenvalue weighted by molar-refractivity contribution is 0.359. The molecule has 0 aromatic heterocycles. The van der Waals surface area contributed by atoms with Crippen LogP contribution in [0.3, 0.4) is 0 Å². The van der Waals surface area contributed by atoms with E-state index in [2.05, 4.69) is 15.9 Å². The molecule has 100 valence electrons. The minimum Gasteiger partial charge on any atom is -0.372 e. The van der Waals surface area contributed by atoms with E-state index < -0.39 is 10.0 Å². The first-order valence-electron chi connectivity index (χ1n) is 5.81. The molecule has 0 bridgehead atoms. The third-order valence-corrected chi connectivity index (χ3v) is 5.37. The smallest absolute Gasteiger partial charge is 0.243 e. The standard InChI is InChI=1S/C12H16BrNO3S/c1-3-9-6-10(13)4-5-12(9)18(15,16)14(2)7-11-8-17-11/h4-6,11H,3,7-8H2,1-2H3. The minimum atomic E-state index is -3.42. The van der Waals surface area contributed by atoms with E-state index in [9.17, 15) is 8.42 Å². The zero-order valence-corrected chi connectivity index (χ0v) is 12.8. The van der Waals surface area contributed by atoms with E-state index in [1.54, 1.807) is 19.2 Å². The second kappa shape index (κ2) is 5.28. The van der Waals surface area contributed by atoms with Gasteiger partial charge in [0.2, 0.25) is 10.0 Å². The minimum absolute atomic E-state index is 0.0605. The van der Waals surface area contributed by atoms with Gasteiger partial charge in [-0.2, -0.15) is 4.31 Å². The highest BCUT2D eigenvalue weighted by Gasteiger charge is 2.31. The molecule has 1 aliphatic rings. The zero-order chi connectivity index (χ0) is 13.3. The molecule has 0 N–H and O–H groups in total. The summed E-state index contributed by atoms with van der Waals surface area (Å²) in [5.74, 6) is 0. The van der Waals surface area contributed by atoms with Crippen LogP contribution in [0, 0.1) is 0 Å². The van der Waals surface area contributed by atoms with Gasteiger partial charge in [0.25, 0.3) is 0 Å². The molecule has 6 heteroatoms. The van der Waals surface area contributed by atoms with Crippen LogP contribution < -0.4 is 0 Å². The molecular weight excluding hydrogens is 318 g/mol. The predicted octanol–water partition coefficient (Wildman–Crippen LogP) is 2.03. The van der Waals surface area contributed by atoms with Crippen molar-refractivity contribution in [3.63, 3.8) is 0 Å². The number of nitrogens with zero attached hydrogens (tertiary/aromatic N) is 1. The quantitative estimate of drug-likeness (QED) is 0.774. The SMILES string of the molecule is CCc1cc(Br)ccc1S(=O)(=O)N(C)CC1CO1. The first-order valence-corrected chi connectivity index (χ1v) is 8.05. The van der Waals surface area contributed by atoms with Gasteiger partial charge in [-0.25, -0.2) is 8.42 Å². The fourth-order valence-electron chi connectivity index (χ4n) is 1.80. The number of epoxide rings is 1. The Bertz CT molecular complexity index is 540. The maximum Gasteiger partial charge on any atom is 0.243 e. The largest absolute Gasteiger partial charge is 0.372 e. The van der Waals surface area contributed by atoms with Crippen LogP contribution in [-0.2, 0) is 21.2 Å². The van der Waals surface area contributed by atoms with Crippen molar-refractivity contribution in [1.29, 1.82) is 0 Å². The van der Waals surface area contributed by atoms with Crippen molar-refractivity contribution in [1.82, 2.24) is 4.31 Å². The molecule has 0 aliphatic carbocycles. The number of ether oxygens (including phenoxy) is 1. The fraction of sp³-hybridized carbons (Fsp3) is 0.500. The van der Waals surface area contributed by atoms with E-state index in [0.29, 0.717) is 24.5 Å². The Balaban J connectivity index is 2.33. The van der Waals surface area contributed by atoms with Crippen LogP contribution in [0.2, 0.25) is 0 Å². The molecule has 0 radical (unpaired) electrons. The van der Waals surface area contributed by atoms with Gasteiger partial charge in [-0.3, -0.25) is 0 Å². The average Bonchev–Trinajstić information content (AvgIpc) is 3.12. The Kier molecular flexibility index (Phi) is 4.11. The Morgan fingerprint density at radius 1 is 1.50 bits per heavy atom. The predicted molar refractivity (Wildman–Crippen MR) is 73.1 cm³/mol. The third kappa shape index (κ3) is 2.93. The number of hydrogen-bond acceptors (Lipinski definition) is 3. The second-order valence-electron chi connectivity index (χ2n) is 4.35. The highest BCUT2D eigenvalue weighted by atomic mass is 79.9. The zero-order valence-electron chi connectivity index (χ0n) is 10.4. The van der Waals surface area contributed by atoms with Gasteiger partial charge in [0.05, 0.1) is 17.6 Å². The number of benzene rings is 1. The Morgan fingerprint density at radius 2 is 2.17 bits per heavy atom. The van der Waals surface area contributed by atoms with Crippen molar-refractivity contribution in [2.45, 2.75) is 24.3 Å². The first-order chi connectivity index (χ1) is 8.45. The van der Waals surface area contributed by atoms with E-state index in [0.717, 1.165) is 10.0 Å². The molecular formula is C12H16BrNO3S. The first kappa shape index (κ1) is 14.0. The summed E-state index contributed by atoms with van der Waals surface area (Å²) in [6.07, 6.45) is 0.743.